The molecule has 1 heterocycles. The molecule has 1 aliphatic rings. The fourth-order valence-electron chi connectivity index (χ4n) is 3.05. The monoisotopic (exact) mass is 235 g/mol. The molecule has 3 rings (SSSR count). The minimum Gasteiger partial charge on any atom is -0.386 e. The summed E-state index contributed by atoms with van der Waals surface area (Å²) in [6.07, 6.45) is 1.14. The Balaban J connectivity index is 2.18. The van der Waals surface area contributed by atoms with E-state index in [4.69, 9.17) is 0 Å². The normalized spacial score (nSPS) is 13.9. The molecule has 1 aliphatic heterocycles. The van der Waals surface area contributed by atoms with Crippen molar-refractivity contribution >= 4 is 18.2 Å². The Labute approximate surface area is 110 Å². The Morgan fingerprint density at radius 2 is 1.67 bits per heavy atom. The molecule has 0 saturated heterocycles. The first-order valence-corrected chi connectivity index (χ1v) is 6.62. The molecule has 0 amide bonds. The lowest BCUT2D eigenvalue weighted by molar-refractivity contribution is 1.30. The molecule has 0 spiro atoms. The molecule has 0 bridgehead atoms. The number of rotatable bonds is 1. The van der Waals surface area contributed by atoms with Gasteiger partial charge in [0.25, 0.3) is 6.85 Å². The van der Waals surface area contributed by atoms with Crippen molar-refractivity contribution in [2.75, 3.05) is 4.81 Å². The fourth-order valence-corrected chi connectivity index (χ4v) is 3.05. The second-order valence-corrected chi connectivity index (χ2v) is 5.29. The van der Waals surface area contributed by atoms with E-state index in [1.807, 2.05) is 0 Å². The maximum Gasteiger partial charge on any atom is 0.261 e. The predicted molar refractivity (Wildman–Crippen MR) is 79.8 cm³/mol. The van der Waals surface area contributed by atoms with Crippen molar-refractivity contribution in [2.24, 2.45) is 0 Å². The SMILES string of the molecule is CB1Cc2cccc(C)c2N1c1ccccc1C. The van der Waals surface area contributed by atoms with Gasteiger partial charge in [-0.3, -0.25) is 0 Å². The largest absolute Gasteiger partial charge is 0.386 e. The third kappa shape index (κ3) is 1.64. The number of hydrogen-bond acceptors (Lipinski definition) is 1. The fraction of sp³-hybridized carbons (Fsp3) is 0.250. The van der Waals surface area contributed by atoms with E-state index in [0.29, 0.717) is 6.85 Å². The zero-order chi connectivity index (χ0) is 12.7. The van der Waals surface area contributed by atoms with Gasteiger partial charge in [-0.2, -0.15) is 0 Å². The first-order valence-electron chi connectivity index (χ1n) is 6.62. The highest BCUT2D eigenvalue weighted by Gasteiger charge is 2.31. The highest BCUT2D eigenvalue weighted by Crippen LogP contribution is 2.40. The van der Waals surface area contributed by atoms with Crippen LogP contribution >= 0.6 is 0 Å². The average Bonchev–Trinajstić information content (AvgIpc) is 2.68. The van der Waals surface area contributed by atoms with Crippen molar-refractivity contribution in [3.63, 3.8) is 0 Å². The maximum atomic E-state index is 2.50. The molecule has 0 radical (unpaired) electrons. The third-order valence-corrected chi connectivity index (χ3v) is 3.89. The summed E-state index contributed by atoms with van der Waals surface area (Å²) in [5.74, 6) is 0. The topological polar surface area (TPSA) is 3.24 Å². The summed E-state index contributed by atoms with van der Waals surface area (Å²) < 4.78 is 0. The van der Waals surface area contributed by atoms with E-state index in [9.17, 15) is 0 Å². The van der Waals surface area contributed by atoms with E-state index in [0.717, 1.165) is 6.32 Å². The average molecular weight is 235 g/mol. The number of aryl methyl sites for hydroxylation is 2. The van der Waals surface area contributed by atoms with Gasteiger partial charge in [0.15, 0.2) is 0 Å². The lowest BCUT2D eigenvalue weighted by Gasteiger charge is -2.27. The van der Waals surface area contributed by atoms with Crippen molar-refractivity contribution in [2.45, 2.75) is 27.0 Å². The molecule has 0 N–H and O–H groups in total. The van der Waals surface area contributed by atoms with Crippen LogP contribution in [0.25, 0.3) is 0 Å². The van der Waals surface area contributed by atoms with Crippen LogP contribution in [0.1, 0.15) is 16.7 Å². The Bertz CT molecular complexity index is 591. The van der Waals surface area contributed by atoms with Crippen LogP contribution in [0.3, 0.4) is 0 Å². The second-order valence-electron chi connectivity index (χ2n) is 5.29. The minimum absolute atomic E-state index is 0.544. The number of para-hydroxylation sites is 2. The van der Waals surface area contributed by atoms with Crippen LogP contribution in [0.2, 0.25) is 6.82 Å². The molecular weight excluding hydrogens is 217 g/mol. The zero-order valence-electron chi connectivity index (χ0n) is 11.3. The van der Waals surface area contributed by atoms with E-state index in [-0.39, 0.29) is 0 Å². The standard InChI is InChI=1S/C16H18BN/c1-12-7-4-5-10-15(12)18-16-13(2)8-6-9-14(16)11-17(18)3/h4-10H,11H2,1-3H3. The summed E-state index contributed by atoms with van der Waals surface area (Å²) in [5.41, 5.74) is 6.96. The van der Waals surface area contributed by atoms with Crippen LogP contribution in [-0.2, 0) is 6.32 Å². The van der Waals surface area contributed by atoms with Gasteiger partial charge < -0.3 is 4.81 Å². The zero-order valence-corrected chi connectivity index (χ0v) is 11.3. The second kappa shape index (κ2) is 4.20. The number of benzene rings is 2. The summed E-state index contributed by atoms with van der Waals surface area (Å²) >= 11 is 0. The Kier molecular flexibility index (Phi) is 2.66. The smallest absolute Gasteiger partial charge is 0.261 e. The van der Waals surface area contributed by atoms with E-state index in [1.54, 1.807) is 0 Å². The van der Waals surface area contributed by atoms with E-state index in [2.05, 4.69) is 67.9 Å². The van der Waals surface area contributed by atoms with Gasteiger partial charge in [0, 0.05) is 11.4 Å². The Morgan fingerprint density at radius 1 is 0.944 bits per heavy atom. The first-order chi connectivity index (χ1) is 8.68. The van der Waals surface area contributed by atoms with Crippen molar-refractivity contribution < 1.29 is 0 Å². The molecule has 0 saturated carbocycles. The molecule has 2 aromatic rings. The number of anilines is 2. The van der Waals surface area contributed by atoms with Crippen molar-refractivity contribution in [3.8, 4) is 0 Å². The lowest BCUT2D eigenvalue weighted by Crippen LogP contribution is -2.29. The lowest BCUT2D eigenvalue weighted by atomic mass is 9.61. The van der Waals surface area contributed by atoms with Crippen molar-refractivity contribution in [1.82, 2.24) is 0 Å². The number of hydrogen-bond donors (Lipinski definition) is 0. The van der Waals surface area contributed by atoms with Crippen LogP contribution < -0.4 is 4.81 Å². The molecule has 0 atom stereocenters. The highest BCUT2D eigenvalue weighted by atomic mass is 15.1. The van der Waals surface area contributed by atoms with Gasteiger partial charge in [0.2, 0.25) is 0 Å². The molecule has 2 heteroatoms. The van der Waals surface area contributed by atoms with Crippen molar-refractivity contribution in [3.05, 3.63) is 59.2 Å². The van der Waals surface area contributed by atoms with E-state index < -0.39 is 0 Å². The molecule has 90 valence electrons. The van der Waals surface area contributed by atoms with Gasteiger partial charge in [0.05, 0.1) is 0 Å². The van der Waals surface area contributed by atoms with Gasteiger partial charge >= 0.3 is 0 Å². The minimum atomic E-state index is 0.544. The quantitative estimate of drug-likeness (QED) is 0.671. The van der Waals surface area contributed by atoms with Gasteiger partial charge in [-0.25, -0.2) is 0 Å². The van der Waals surface area contributed by atoms with Gasteiger partial charge in [-0.15, -0.1) is 0 Å². The molecule has 0 aromatic heterocycles. The van der Waals surface area contributed by atoms with Crippen LogP contribution in [0.5, 0.6) is 0 Å². The van der Waals surface area contributed by atoms with E-state index >= 15 is 0 Å². The third-order valence-electron chi connectivity index (χ3n) is 3.89. The summed E-state index contributed by atoms with van der Waals surface area (Å²) in [6, 6.07) is 15.3. The molecule has 1 nitrogen and oxygen atoms in total. The first kappa shape index (κ1) is 11.4. The van der Waals surface area contributed by atoms with Gasteiger partial charge in [0.1, 0.15) is 0 Å². The maximum absolute atomic E-state index is 2.50. The number of nitrogens with zero attached hydrogens (tertiary/aromatic N) is 1. The predicted octanol–water partition coefficient (Wildman–Crippen LogP) is 4.16. The van der Waals surface area contributed by atoms with Crippen LogP contribution in [0.15, 0.2) is 42.5 Å². The molecular formula is C16H18BN. The Morgan fingerprint density at radius 3 is 2.44 bits per heavy atom. The molecule has 18 heavy (non-hydrogen) atoms. The van der Waals surface area contributed by atoms with Crippen LogP contribution in [0.4, 0.5) is 11.4 Å². The number of fused-ring (bicyclic) bond motifs is 1. The van der Waals surface area contributed by atoms with Crippen LogP contribution in [0, 0.1) is 13.8 Å². The molecule has 0 fully saturated rings. The molecule has 0 unspecified atom stereocenters. The summed E-state index contributed by atoms with van der Waals surface area (Å²) in [4.78, 5) is 2.50. The van der Waals surface area contributed by atoms with Gasteiger partial charge in [-0.05, 0) is 42.9 Å². The van der Waals surface area contributed by atoms with Crippen molar-refractivity contribution in [1.29, 1.82) is 0 Å². The van der Waals surface area contributed by atoms with Gasteiger partial charge in [-0.1, -0.05) is 43.2 Å². The highest BCUT2D eigenvalue weighted by molar-refractivity contribution is 6.65. The molecule has 0 aliphatic carbocycles. The summed E-state index contributed by atoms with van der Waals surface area (Å²) in [7, 11) is 0. The molecule has 2 aromatic carbocycles. The summed E-state index contributed by atoms with van der Waals surface area (Å²) in [6.45, 7) is 7.26. The Hall–Kier alpha value is -1.70. The van der Waals surface area contributed by atoms with E-state index in [1.165, 1.54) is 28.1 Å². The van der Waals surface area contributed by atoms with Crippen LogP contribution in [-0.4, -0.2) is 6.85 Å². The summed E-state index contributed by atoms with van der Waals surface area (Å²) in [5, 5.41) is 0.